The summed E-state index contributed by atoms with van der Waals surface area (Å²) in [6, 6.07) is 2.06. The van der Waals surface area contributed by atoms with Gasteiger partial charge in [0, 0.05) is 41.1 Å². The molecule has 2 aromatic heterocycles. The first kappa shape index (κ1) is 10.8. The van der Waals surface area contributed by atoms with Gasteiger partial charge in [0.15, 0.2) is 0 Å². The van der Waals surface area contributed by atoms with Crippen molar-refractivity contribution in [2.75, 3.05) is 11.9 Å². The molecule has 2 aromatic rings. The van der Waals surface area contributed by atoms with Crippen LogP contribution in [0.5, 0.6) is 0 Å². The van der Waals surface area contributed by atoms with E-state index >= 15 is 0 Å². The van der Waals surface area contributed by atoms with Crippen LogP contribution in [-0.4, -0.2) is 21.3 Å². The van der Waals surface area contributed by atoms with Gasteiger partial charge in [-0.1, -0.05) is 0 Å². The highest BCUT2D eigenvalue weighted by atomic mass is 79.9. The van der Waals surface area contributed by atoms with Gasteiger partial charge in [-0.2, -0.15) is 5.10 Å². The maximum atomic E-state index is 4.65. The Hall–Kier alpha value is -1.36. The number of nitrogens with zero attached hydrogens (tertiary/aromatic N) is 3. The minimum absolute atomic E-state index is 0.886. The van der Waals surface area contributed by atoms with Crippen LogP contribution in [0.4, 0.5) is 5.82 Å². The van der Waals surface area contributed by atoms with Crippen molar-refractivity contribution in [3.05, 3.63) is 28.5 Å². The van der Waals surface area contributed by atoms with Gasteiger partial charge in [0.2, 0.25) is 0 Å². The zero-order chi connectivity index (χ0) is 11.8. The fourth-order valence-corrected chi connectivity index (χ4v) is 2.61. The predicted octanol–water partition coefficient (Wildman–Crippen LogP) is 2.70. The van der Waals surface area contributed by atoms with Crippen LogP contribution in [0, 0.1) is 0 Å². The summed E-state index contributed by atoms with van der Waals surface area (Å²) in [6.45, 7) is 3.99. The van der Waals surface area contributed by atoms with Crippen molar-refractivity contribution < 1.29 is 0 Å². The monoisotopic (exact) mass is 292 g/mol. The van der Waals surface area contributed by atoms with Crippen LogP contribution in [-0.2, 0) is 13.0 Å². The Morgan fingerprint density at radius 3 is 3.12 bits per heavy atom. The number of hydrogen-bond donors (Lipinski definition) is 1. The third kappa shape index (κ3) is 1.74. The van der Waals surface area contributed by atoms with E-state index in [0.717, 1.165) is 35.2 Å². The Balaban J connectivity index is 2.15. The summed E-state index contributed by atoms with van der Waals surface area (Å²) in [7, 11) is 0. The van der Waals surface area contributed by atoms with E-state index in [4.69, 9.17) is 0 Å². The first-order valence-electron chi connectivity index (χ1n) is 5.74. The number of halogens is 1. The van der Waals surface area contributed by atoms with E-state index < -0.39 is 0 Å². The van der Waals surface area contributed by atoms with E-state index in [0.29, 0.717) is 0 Å². The van der Waals surface area contributed by atoms with Crippen molar-refractivity contribution in [2.45, 2.75) is 19.9 Å². The Morgan fingerprint density at radius 1 is 1.47 bits per heavy atom. The number of aryl methyl sites for hydroxylation is 1. The van der Waals surface area contributed by atoms with Gasteiger partial charge in [0.1, 0.15) is 5.82 Å². The van der Waals surface area contributed by atoms with Crippen molar-refractivity contribution in [2.24, 2.45) is 0 Å². The minimum atomic E-state index is 0.886. The smallest absolute Gasteiger partial charge is 0.128 e. The van der Waals surface area contributed by atoms with Gasteiger partial charge in [-0.3, -0.25) is 4.98 Å². The molecule has 3 rings (SSSR count). The molecule has 1 aliphatic heterocycles. The van der Waals surface area contributed by atoms with Crippen molar-refractivity contribution in [3.63, 3.8) is 0 Å². The number of aromatic nitrogens is 3. The van der Waals surface area contributed by atoms with E-state index in [2.05, 4.69) is 44.3 Å². The average Bonchev–Trinajstić information content (AvgIpc) is 2.89. The molecular weight excluding hydrogens is 280 g/mol. The highest BCUT2D eigenvalue weighted by Crippen LogP contribution is 2.33. The summed E-state index contributed by atoms with van der Waals surface area (Å²) in [4.78, 5) is 4.20. The van der Waals surface area contributed by atoms with Crippen LogP contribution in [0.1, 0.15) is 12.5 Å². The Labute approximate surface area is 108 Å². The van der Waals surface area contributed by atoms with Crippen LogP contribution in [0.3, 0.4) is 0 Å². The maximum Gasteiger partial charge on any atom is 0.128 e. The average molecular weight is 293 g/mol. The normalized spacial score (nSPS) is 13.5. The number of fused-ring (bicyclic) bond motifs is 1. The molecule has 1 aliphatic rings. The largest absolute Gasteiger partial charge is 0.370 e. The summed E-state index contributed by atoms with van der Waals surface area (Å²) in [6.07, 6.45) is 4.70. The molecule has 0 bridgehead atoms. The van der Waals surface area contributed by atoms with Gasteiger partial charge >= 0.3 is 0 Å². The number of rotatable bonds is 2. The second-order valence-corrected chi connectivity index (χ2v) is 4.98. The Kier molecular flexibility index (Phi) is 2.63. The van der Waals surface area contributed by atoms with Crippen LogP contribution in [0.15, 0.2) is 22.9 Å². The predicted molar refractivity (Wildman–Crippen MR) is 71.0 cm³/mol. The van der Waals surface area contributed by atoms with E-state index in [1.54, 1.807) is 6.20 Å². The molecule has 1 N–H and O–H groups in total. The number of pyridine rings is 1. The molecule has 0 radical (unpaired) electrons. The number of hydrogen-bond acceptors (Lipinski definition) is 3. The summed E-state index contributed by atoms with van der Waals surface area (Å²) in [5.41, 5.74) is 3.44. The topological polar surface area (TPSA) is 42.7 Å². The fourth-order valence-electron chi connectivity index (χ4n) is 2.24. The van der Waals surface area contributed by atoms with Crippen molar-refractivity contribution in [3.8, 4) is 11.3 Å². The molecule has 0 unspecified atom stereocenters. The highest BCUT2D eigenvalue weighted by molar-refractivity contribution is 9.10. The van der Waals surface area contributed by atoms with E-state index in [1.807, 2.05) is 10.9 Å². The van der Waals surface area contributed by atoms with Gasteiger partial charge < -0.3 is 5.32 Å². The first-order valence-corrected chi connectivity index (χ1v) is 6.53. The lowest BCUT2D eigenvalue weighted by Gasteiger charge is -2.01. The number of anilines is 1. The first-order chi connectivity index (χ1) is 8.29. The lowest BCUT2D eigenvalue weighted by molar-refractivity contribution is 0.668. The fraction of sp³-hybridized carbons (Fsp3) is 0.333. The van der Waals surface area contributed by atoms with Crippen LogP contribution >= 0.6 is 15.9 Å². The van der Waals surface area contributed by atoms with Crippen LogP contribution < -0.4 is 5.32 Å². The number of nitrogens with one attached hydrogen (secondary N) is 1. The standard InChI is InChI=1S/C12H13BrN4/c1-2-17-12-10(3-4-15-12)11(16-17)8-5-9(13)7-14-6-8/h5-7,15H,2-4H2,1H3. The van der Waals surface area contributed by atoms with Gasteiger partial charge in [-0.05, 0) is 35.3 Å². The van der Waals surface area contributed by atoms with Gasteiger partial charge in [0.05, 0.1) is 5.69 Å². The lowest BCUT2D eigenvalue weighted by Crippen LogP contribution is -2.04. The molecule has 0 spiro atoms. The molecule has 0 saturated carbocycles. The highest BCUT2D eigenvalue weighted by Gasteiger charge is 2.22. The summed E-state index contributed by atoms with van der Waals surface area (Å²) in [5, 5.41) is 8.05. The third-order valence-electron chi connectivity index (χ3n) is 3.00. The molecule has 5 heteroatoms. The van der Waals surface area contributed by atoms with Crippen LogP contribution in [0.2, 0.25) is 0 Å². The van der Waals surface area contributed by atoms with Crippen molar-refractivity contribution in [1.29, 1.82) is 0 Å². The molecular formula is C12H13BrN4. The second-order valence-electron chi connectivity index (χ2n) is 4.06. The molecule has 3 heterocycles. The molecule has 0 aromatic carbocycles. The molecule has 0 fully saturated rings. The molecule has 17 heavy (non-hydrogen) atoms. The summed E-state index contributed by atoms with van der Waals surface area (Å²) < 4.78 is 3.01. The third-order valence-corrected chi connectivity index (χ3v) is 3.43. The van der Waals surface area contributed by atoms with E-state index in [-0.39, 0.29) is 0 Å². The molecule has 0 amide bonds. The van der Waals surface area contributed by atoms with Gasteiger partial charge in [-0.15, -0.1) is 0 Å². The van der Waals surface area contributed by atoms with Crippen LogP contribution in [0.25, 0.3) is 11.3 Å². The van der Waals surface area contributed by atoms with Gasteiger partial charge in [0.25, 0.3) is 0 Å². The molecule has 88 valence electrons. The van der Waals surface area contributed by atoms with Gasteiger partial charge in [-0.25, -0.2) is 4.68 Å². The summed E-state index contributed by atoms with van der Waals surface area (Å²) >= 11 is 3.45. The molecule has 0 aliphatic carbocycles. The SMILES string of the molecule is CCn1nc(-c2cncc(Br)c2)c2c1NCC2. The molecule has 4 nitrogen and oxygen atoms in total. The van der Waals surface area contributed by atoms with E-state index in [1.165, 1.54) is 11.4 Å². The Bertz CT molecular complexity index is 562. The molecule has 0 atom stereocenters. The molecule has 0 saturated heterocycles. The Morgan fingerprint density at radius 2 is 2.35 bits per heavy atom. The lowest BCUT2D eigenvalue weighted by atomic mass is 10.1. The second kappa shape index (κ2) is 4.14. The quantitative estimate of drug-likeness (QED) is 0.925. The van der Waals surface area contributed by atoms with E-state index in [9.17, 15) is 0 Å². The minimum Gasteiger partial charge on any atom is -0.370 e. The zero-order valence-electron chi connectivity index (χ0n) is 9.57. The van der Waals surface area contributed by atoms with Crippen molar-refractivity contribution >= 4 is 21.7 Å². The van der Waals surface area contributed by atoms with Crippen molar-refractivity contribution in [1.82, 2.24) is 14.8 Å². The maximum absolute atomic E-state index is 4.65. The zero-order valence-corrected chi connectivity index (χ0v) is 11.2. The summed E-state index contributed by atoms with van der Waals surface area (Å²) in [5.74, 6) is 1.17.